The van der Waals surface area contributed by atoms with Gasteiger partial charge in [-0.1, -0.05) is 37.6 Å². The maximum absolute atomic E-state index is 11.6. The van der Waals surface area contributed by atoms with Crippen molar-refractivity contribution in [2.75, 3.05) is 0 Å². The van der Waals surface area contributed by atoms with Crippen molar-refractivity contribution in [3.63, 3.8) is 0 Å². The van der Waals surface area contributed by atoms with Gasteiger partial charge >= 0.3 is 0 Å². The number of aromatic nitrogens is 3. The summed E-state index contributed by atoms with van der Waals surface area (Å²) in [5, 5.41) is 16.6. The van der Waals surface area contributed by atoms with Gasteiger partial charge in [0, 0.05) is 27.6 Å². The molecule has 0 aliphatic heterocycles. The van der Waals surface area contributed by atoms with Crippen molar-refractivity contribution in [3.8, 4) is 0 Å². The van der Waals surface area contributed by atoms with E-state index in [2.05, 4.69) is 46.5 Å². The fourth-order valence-electron chi connectivity index (χ4n) is 3.65. The second-order valence-corrected chi connectivity index (χ2v) is 8.46. The number of hydrogen-bond acceptors (Lipinski definition) is 3. The summed E-state index contributed by atoms with van der Waals surface area (Å²) in [5.74, 6) is 0.193. The van der Waals surface area contributed by atoms with Crippen molar-refractivity contribution in [2.45, 2.75) is 45.3 Å². The molecule has 0 bridgehead atoms. The van der Waals surface area contributed by atoms with Gasteiger partial charge in [0.25, 0.3) is 0 Å². The molecule has 23 heavy (non-hydrogen) atoms. The van der Waals surface area contributed by atoms with Crippen LogP contribution in [0.1, 0.15) is 32.3 Å². The molecule has 0 spiro atoms. The van der Waals surface area contributed by atoms with Gasteiger partial charge in [0.05, 0.1) is 12.1 Å². The van der Waals surface area contributed by atoms with Crippen molar-refractivity contribution in [2.24, 2.45) is 11.3 Å². The number of hydrogen-bond donors (Lipinski definition) is 1. The van der Waals surface area contributed by atoms with Gasteiger partial charge in [-0.05, 0) is 48.3 Å². The maximum Gasteiger partial charge on any atom is 0.189 e. The van der Waals surface area contributed by atoms with Crippen molar-refractivity contribution in [3.05, 3.63) is 45.0 Å². The van der Waals surface area contributed by atoms with Gasteiger partial charge in [0.1, 0.15) is 6.33 Å². The number of rotatable bonds is 4. The summed E-state index contributed by atoms with van der Waals surface area (Å²) < 4.78 is 2.62. The molecular weight excluding hydrogens is 425 g/mol. The highest BCUT2D eigenvalue weighted by molar-refractivity contribution is 14.1. The molecule has 1 saturated carbocycles. The number of benzene rings is 1. The van der Waals surface area contributed by atoms with Crippen LogP contribution >= 0.6 is 34.2 Å². The average Bonchev–Trinajstić information content (AvgIpc) is 2.98. The number of halogens is 2. The van der Waals surface area contributed by atoms with Crippen molar-refractivity contribution in [1.29, 1.82) is 0 Å². The maximum atomic E-state index is 11.6. The zero-order valence-corrected chi connectivity index (χ0v) is 16.3. The molecule has 2 atom stereocenters. The molecule has 0 radical (unpaired) electrons. The molecule has 1 heterocycles. The highest BCUT2D eigenvalue weighted by Gasteiger charge is 2.54. The van der Waals surface area contributed by atoms with Gasteiger partial charge in [-0.25, -0.2) is 9.67 Å². The van der Waals surface area contributed by atoms with Crippen LogP contribution in [0.5, 0.6) is 0 Å². The second kappa shape index (κ2) is 6.33. The van der Waals surface area contributed by atoms with Gasteiger partial charge in [-0.2, -0.15) is 5.10 Å². The summed E-state index contributed by atoms with van der Waals surface area (Å²) in [6.45, 7) is 4.79. The highest BCUT2D eigenvalue weighted by atomic mass is 127. The molecule has 1 aromatic heterocycles. The lowest BCUT2D eigenvalue weighted by Crippen LogP contribution is -2.49. The van der Waals surface area contributed by atoms with Crippen molar-refractivity contribution >= 4 is 34.2 Å². The Morgan fingerprint density at radius 3 is 2.65 bits per heavy atom. The number of aliphatic hydroxyl groups is 1. The molecule has 1 aliphatic carbocycles. The quantitative estimate of drug-likeness (QED) is 0.725. The topological polar surface area (TPSA) is 50.9 Å². The van der Waals surface area contributed by atoms with E-state index in [9.17, 15) is 5.11 Å². The lowest BCUT2D eigenvalue weighted by atomic mass is 9.72. The van der Waals surface area contributed by atoms with Crippen LogP contribution in [0.3, 0.4) is 0 Å². The van der Waals surface area contributed by atoms with Crippen LogP contribution in [0.4, 0.5) is 0 Å². The smallest absolute Gasteiger partial charge is 0.189 e. The fourth-order valence-corrected chi connectivity index (χ4v) is 4.19. The zero-order chi connectivity index (χ0) is 16.7. The molecule has 4 nitrogen and oxygen atoms in total. The van der Waals surface area contributed by atoms with Crippen molar-refractivity contribution < 1.29 is 5.11 Å². The van der Waals surface area contributed by atoms with E-state index < -0.39 is 5.60 Å². The minimum absolute atomic E-state index is 0.154. The third-order valence-corrected chi connectivity index (χ3v) is 6.41. The first kappa shape index (κ1) is 17.2. The molecule has 1 N–H and O–H groups in total. The first-order valence-electron chi connectivity index (χ1n) is 7.82. The average molecular weight is 446 g/mol. The summed E-state index contributed by atoms with van der Waals surface area (Å²) >= 11 is 8.13. The zero-order valence-electron chi connectivity index (χ0n) is 13.3. The van der Waals surface area contributed by atoms with Crippen LogP contribution in [0.25, 0.3) is 0 Å². The van der Waals surface area contributed by atoms with E-state index in [0.29, 0.717) is 6.54 Å². The standard InChI is InChI=1S/C17H21ClIN3O/c1-16(2)8-7-13(9-12-3-5-14(18)6-4-12)17(16,23)10-22-15(19)20-11-21-22/h3-6,11,13,23H,7-10H2,1-2H3/t13-,17?/m1/s1. The van der Waals surface area contributed by atoms with Gasteiger partial charge in [0.15, 0.2) is 3.83 Å². The summed E-state index contributed by atoms with van der Waals surface area (Å²) in [5.41, 5.74) is 0.253. The van der Waals surface area contributed by atoms with E-state index >= 15 is 0 Å². The predicted octanol–water partition coefficient (Wildman–Crippen LogP) is 3.95. The van der Waals surface area contributed by atoms with E-state index in [4.69, 9.17) is 11.6 Å². The van der Waals surface area contributed by atoms with E-state index in [1.807, 2.05) is 28.9 Å². The monoisotopic (exact) mass is 445 g/mol. The fraction of sp³-hybridized carbons (Fsp3) is 0.529. The molecule has 0 amide bonds. The predicted molar refractivity (Wildman–Crippen MR) is 99.3 cm³/mol. The molecule has 3 rings (SSSR count). The van der Waals surface area contributed by atoms with Crippen LogP contribution in [0, 0.1) is 15.2 Å². The summed E-state index contributed by atoms with van der Waals surface area (Å²) in [4.78, 5) is 4.17. The molecular formula is C17H21ClIN3O. The second-order valence-electron chi connectivity index (χ2n) is 7.06. The minimum atomic E-state index is -0.805. The van der Waals surface area contributed by atoms with Gasteiger partial charge in [0.2, 0.25) is 0 Å². The molecule has 1 fully saturated rings. The molecule has 1 aromatic carbocycles. The molecule has 0 saturated heterocycles. The Bertz CT molecular complexity index is 685. The van der Waals surface area contributed by atoms with Gasteiger partial charge in [-0.3, -0.25) is 0 Å². The minimum Gasteiger partial charge on any atom is -0.387 e. The Kier molecular flexibility index (Phi) is 4.73. The van der Waals surface area contributed by atoms with Crippen LogP contribution in [-0.2, 0) is 13.0 Å². The van der Waals surface area contributed by atoms with Gasteiger partial charge < -0.3 is 5.11 Å². The van der Waals surface area contributed by atoms with Gasteiger partial charge in [-0.15, -0.1) is 0 Å². The molecule has 2 aromatic rings. The molecule has 6 heteroatoms. The van der Waals surface area contributed by atoms with Crippen LogP contribution in [0.15, 0.2) is 30.6 Å². The Morgan fingerprint density at radius 2 is 2.04 bits per heavy atom. The summed E-state index contributed by atoms with van der Waals surface area (Å²) in [7, 11) is 0. The van der Waals surface area contributed by atoms with E-state index in [1.54, 1.807) is 6.33 Å². The van der Waals surface area contributed by atoms with Crippen LogP contribution in [-0.4, -0.2) is 25.5 Å². The van der Waals surface area contributed by atoms with E-state index in [0.717, 1.165) is 28.1 Å². The highest BCUT2D eigenvalue weighted by Crippen LogP contribution is 2.51. The van der Waals surface area contributed by atoms with Crippen molar-refractivity contribution in [1.82, 2.24) is 14.8 Å². The molecule has 1 aliphatic rings. The lowest BCUT2D eigenvalue weighted by molar-refractivity contribution is -0.0912. The Hall–Kier alpha value is -0.660. The number of nitrogens with zero attached hydrogens (tertiary/aromatic N) is 3. The largest absolute Gasteiger partial charge is 0.387 e. The first-order valence-corrected chi connectivity index (χ1v) is 9.28. The van der Waals surface area contributed by atoms with Crippen LogP contribution in [0.2, 0.25) is 5.02 Å². The first-order chi connectivity index (χ1) is 10.8. The van der Waals surface area contributed by atoms with E-state index in [-0.39, 0.29) is 11.3 Å². The SMILES string of the molecule is CC1(C)CC[C@H](Cc2ccc(Cl)cc2)C1(O)Cn1ncnc1I. The summed E-state index contributed by atoms with van der Waals surface area (Å²) in [6.07, 6.45) is 4.41. The third-order valence-electron chi connectivity index (χ3n) is 5.32. The summed E-state index contributed by atoms with van der Waals surface area (Å²) in [6, 6.07) is 7.92. The Labute approximate surface area is 155 Å². The third kappa shape index (κ3) is 3.28. The molecule has 1 unspecified atom stereocenters. The van der Waals surface area contributed by atoms with Crippen LogP contribution < -0.4 is 0 Å². The molecule has 124 valence electrons. The Balaban J connectivity index is 1.86. The normalized spacial score (nSPS) is 26.6. The Morgan fingerprint density at radius 1 is 1.35 bits per heavy atom. The lowest BCUT2D eigenvalue weighted by Gasteiger charge is -2.41. The van der Waals surface area contributed by atoms with E-state index in [1.165, 1.54) is 5.56 Å².